The molecule has 1 aliphatic rings. The molecule has 1 saturated heterocycles. The van der Waals surface area contributed by atoms with Gasteiger partial charge in [0.25, 0.3) is 0 Å². The summed E-state index contributed by atoms with van der Waals surface area (Å²) in [4.78, 5) is 40.5. The molecule has 3 amide bonds. The SMILES string of the molecule is CC(C)C[C@H](N)C(=O)N1CCC(C(=O)N[C@@H](Cc2ccccc2)C(=O)NCc2ccccc2F)CC1. The van der Waals surface area contributed by atoms with E-state index in [4.69, 9.17) is 5.73 Å². The average molecular weight is 497 g/mol. The normalized spacial score (nSPS) is 15.9. The number of hydrogen-bond donors (Lipinski definition) is 3. The first-order chi connectivity index (χ1) is 17.2. The predicted octanol–water partition coefficient (Wildman–Crippen LogP) is 2.78. The fraction of sp³-hybridized carbons (Fsp3) is 0.464. The van der Waals surface area contributed by atoms with Crippen LogP contribution in [0.3, 0.4) is 0 Å². The first kappa shape index (κ1) is 27.3. The summed E-state index contributed by atoms with van der Waals surface area (Å²) in [6.07, 6.45) is 1.97. The van der Waals surface area contributed by atoms with E-state index in [1.165, 1.54) is 6.07 Å². The Kier molecular flexibility index (Phi) is 9.99. The Bertz CT molecular complexity index is 1020. The number of rotatable bonds is 10. The Morgan fingerprint density at radius 1 is 1.03 bits per heavy atom. The molecule has 4 N–H and O–H groups in total. The summed E-state index contributed by atoms with van der Waals surface area (Å²) in [7, 11) is 0. The molecule has 0 saturated carbocycles. The van der Waals surface area contributed by atoms with E-state index < -0.39 is 17.9 Å². The van der Waals surface area contributed by atoms with E-state index in [1.54, 1.807) is 23.1 Å². The van der Waals surface area contributed by atoms with Crippen molar-refractivity contribution in [1.82, 2.24) is 15.5 Å². The van der Waals surface area contributed by atoms with E-state index >= 15 is 0 Å². The molecule has 7 nitrogen and oxygen atoms in total. The maximum absolute atomic E-state index is 14.0. The molecule has 0 radical (unpaired) electrons. The topological polar surface area (TPSA) is 105 Å². The second-order valence-corrected chi connectivity index (χ2v) is 9.90. The number of carbonyl (C=O) groups is 3. The van der Waals surface area contributed by atoms with Gasteiger partial charge in [-0.1, -0.05) is 62.4 Å². The minimum atomic E-state index is -0.800. The highest BCUT2D eigenvalue weighted by Gasteiger charge is 2.31. The molecule has 1 heterocycles. The number of amides is 3. The van der Waals surface area contributed by atoms with Crippen molar-refractivity contribution >= 4 is 17.7 Å². The summed E-state index contributed by atoms with van der Waals surface area (Å²) in [5, 5.41) is 5.66. The average Bonchev–Trinajstić information content (AvgIpc) is 2.87. The molecular formula is C28H37FN4O3. The van der Waals surface area contributed by atoms with Gasteiger partial charge < -0.3 is 21.3 Å². The number of nitrogens with one attached hydrogen (secondary N) is 2. The molecule has 2 aromatic carbocycles. The highest BCUT2D eigenvalue weighted by atomic mass is 19.1. The van der Waals surface area contributed by atoms with Gasteiger partial charge in [0.05, 0.1) is 6.04 Å². The van der Waals surface area contributed by atoms with Crippen molar-refractivity contribution in [2.24, 2.45) is 17.6 Å². The van der Waals surface area contributed by atoms with Gasteiger partial charge in [0.1, 0.15) is 11.9 Å². The fourth-order valence-corrected chi connectivity index (χ4v) is 4.50. The van der Waals surface area contributed by atoms with Gasteiger partial charge in [-0.3, -0.25) is 14.4 Å². The minimum Gasteiger partial charge on any atom is -0.350 e. The third-order valence-electron chi connectivity index (χ3n) is 6.55. The molecule has 0 bridgehead atoms. The minimum absolute atomic E-state index is 0.0315. The smallest absolute Gasteiger partial charge is 0.243 e. The number of piperidine rings is 1. The van der Waals surface area contributed by atoms with Gasteiger partial charge in [0.2, 0.25) is 17.7 Å². The Labute approximate surface area is 212 Å². The lowest BCUT2D eigenvalue weighted by Gasteiger charge is -2.33. The maximum atomic E-state index is 14.0. The van der Waals surface area contributed by atoms with Crippen molar-refractivity contribution in [3.63, 3.8) is 0 Å². The zero-order chi connectivity index (χ0) is 26.1. The van der Waals surface area contributed by atoms with Gasteiger partial charge in [0, 0.05) is 37.5 Å². The number of benzene rings is 2. The van der Waals surface area contributed by atoms with Crippen molar-refractivity contribution in [1.29, 1.82) is 0 Å². The van der Waals surface area contributed by atoms with Gasteiger partial charge in [-0.15, -0.1) is 0 Å². The Balaban J connectivity index is 1.59. The number of halogens is 1. The molecule has 1 aliphatic heterocycles. The molecular weight excluding hydrogens is 459 g/mol. The van der Waals surface area contributed by atoms with Crippen molar-refractivity contribution in [3.05, 3.63) is 71.5 Å². The summed E-state index contributed by atoms with van der Waals surface area (Å²) in [5.41, 5.74) is 7.34. The second-order valence-electron chi connectivity index (χ2n) is 9.90. The van der Waals surface area contributed by atoms with Crippen LogP contribution in [0.4, 0.5) is 4.39 Å². The largest absolute Gasteiger partial charge is 0.350 e. The van der Waals surface area contributed by atoms with Crippen molar-refractivity contribution in [2.45, 2.75) is 58.2 Å². The Morgan fingerprint density at radius 2 is 1.67 bits per heavy atom. The highest BCUT2D eigenvalue weighted by molar-refractivity contribution is 5.89. The molecule has 1 fully saturated rings. The molecule has 8 heteroatoms. The lowest BCUT2D eigenvalue weighted by molar-refractivity contribution is -0.137. The molecule has 0 spiro atoms. The fourth-order valence-electron chi connectivity index (χ4n) is 4.50. The van der Waals surface area contributed by atoms with Crippen LogP contribution in [-0.2, 0) is 27.3 Å². The highest BCUT2D eigenvalue weighted by Crippen LogP contribution is 2.19. The van der Waals surface area contributed by atoms with Gasteiger partial charge in [-0.25, -0.2) is 4.39 Å². The van der Waals surface area contributed by atoms with Crippen LogP contribution in [0.5, 0.6) is 0 Å². The van der Waals surface area contributed by atoms with Gasteiger partial charge in [0.15, 0.2) is 0 Å². The van der Waals surface area contributed by atoms with Crippen molar-refractivity contribution < 1.29 is 18.8 Å². The lowest BCUT2D eigenvalue weighted by Crippen LogP contribution is -2.52. The van der Waals surface area contributed by atoms with E-state index in [0.29, 0.717) is 50.3 Å². The van der Waals surface area contributed by atoms with Crippen molar-refractivity contribution in [2.75, 3.05) is 13.1 Å². The number of likely N-dealkylation sites (tertiary alicyclic amines) is 1. The second kappa shape index (κ2) is 13.2. The van der Waals surface area contributed by atoms with Crippen LogP contribution >= 0.6 is 0 Å². The van der Waals surface area contributed by atoms with E-state index in [2.05, 4.69) is 10.6 Å². The molecule has 3 rings (SSSR count). The quantitative estimate of drug-likeness (QED) is 0.470. The van der Waals surface area contributed by atoms with Crippen LogP contribution in [0.1, 0.15) is 44.2 Å². The molecule has 194 valence electrons. The molecule has 2 atom stereocenters. The Hall–Kier alpha value is -3.26. The number of nitrogens with two attached hydrogens (primary N) is 1. The zero-order valence-corrected chi connectivity index (χ0v) is 21.1. The third-order valence-corrected chi connectivity index (χ3v) is 6.55. The number of hydrogen-bond acceptors (Lipinski definition) is 4. The van der Waals surface area contributed by atoms with E-state index in [1.807, 2.05) is 44.2 Å². The number of carbonyl (C=O) groups excluding carboxylic acids is 3. The first-order valence-corrected chi connectivity index (χ1v) is 12.6. The summed E-state index contributed by atoms with van der Waals surface area (Å²) in [6.45, 7) is 5.02. The predicted molar refractivity (Wildman–Crippen MR) is 137 cm³/mol. The van der Waals surface area contributed by atoms with Crippen LogP contribution in [-0.4, -0.2) is 47.8 Å². The van der Waals surface area contributed by atoms with E-state index in [9.17, 15) is 18.8 Å². The van der Waals surface area contributed by atoms with E-state index in [0.717, 1.165) is 5.56 Å². The van der Waals surface area contributed by atoms with Crippen LogP contribution in [0.2, 0.25) is 0 Å². The van der Waals surface area contributed by atoms with E-state index in [-0.39, 0.29) is 30.2 Å². The van der Waals surface area contributed by atoms with Crippen LogP contribution in [0, 0.1) is 17.7 Å². The van der Waals surface area contributed by atoms with Gasteiger partial charge in [-0.2, -0.15) is 0 Å². The standard InChI is InChI=1S/C28H37FN4O3/c1-19(2)16-24(30)28(36)33-14-12-21(13-15-33)26(34)32-25(17-20-8-4-3-5-9-20)27(35)31-18-22-10-6-7-11-23(22)29/h3-11,19,21,24-25H,12-18,30H2,1-2H3,(H,31,35)(H,32,34)/t24-,25-/m0/s1. The van der Waals surface area contributed by atoms with Crippen LogP contribution < -0.4 is 16.4 Å². The van der Waals surface area contributed by atoms with Crippen LogP contribution in [0.25, 0.3) is 0 Å². The van der Waals surface area contributed by atoms with Gasteiger partial charge in [-0.05, 0) is 36.8 Å². The molecule has 36 heavy (non-hydrogen) atoms. The molecule has 2 aromatic rings. The Morgan fingerprint density at radius 3 is 2.31 bits per heavy atom. The monoisotopic (exact) mass is 496 g/mol. The first-order valence-electron chi connectivity index (χ1n) is 12.6. The third kappa shape index (κ3) is 7.88. The van der Waals surface area contributed by atoms with Crippen LogP contribution in [0.15, 0.2) is 54.6 Å². The van der Waals surface area contributed by atoms with Gasteiger partial charge >= 0.3 is 0 Å². The zero-order valence-electron chi connectivity index (χ0n) is 21.1. The van der Waals surface area contributed by atoms with Crippen molar-refractivity contribution in [3.8, 4) is 0 Å². The molecule has 0 aliphatic carbocycles. The lowest BCUT2D eigenvalue weighted by atomic mass is 9.94. The summed E-state index contributed by atoms with van der Waals surface area (Å²) >= 11 is 0. The molecule has 0 unspecified atom stereocenters. The summed E-state index contributed by atoms with van der Waals surface area (Å²) in [6, 6.07) is 14.4. The molecule has 0 aromatic heterocycles. The summed E-state index contributed by atoms with van der Waals surface area (Å²) in [5.74, 6) is -1.02. The summed E-state index contributed by atoms with van der Waals surface area (Å²) < 4.78 is 14.0. The maximum Gasteiger partial charge on any atom is 0.243 e. The number of nitrogens with zero attached hydrogens (tertiary/aromatic N) is 1.